The van der Waals surface area contributed by atoms with Crippen LogP contribution in [-0.2, 0) is 6.54 Å². The lowest BCUT2D eigenvalue weighted by Gasteiger charge is -2.19. The number of rotatable bonds is 12. The summed E-state index contributed by atoms with van der Waals surface area (Å²) in [6.07, 6.45) is 24.1. The van der Waals surface area contributed by atoms with Gasteiger partial charge in [0.1, 0.15) is 17.8 Å². The second kappa shape index (κ2) is 13.0. The van der Waals surface area contributed by atoms with Gasteiger partial charge < -0.3 is 9.88 Å². The third-order valence-electron chi connectivity index (χ3n) is 6.80. The predicted octanol–water partition coefficient (Wildman–Crippen LogP) is 7.83. The zero-order chi connectivity index (χ0) is 21.0. The quantitative estimate of drug-likeness (QED) is 0.361. The largest absolute Gasteiger partial charge is 0.369 e. The van der Waals surface area contributed by atoms with Gasteiger partial charge in [-0.1, -0.05) is 84.5 Å². The average Bonchev–Trinajstić information content (AvgIpc) is 3.14. The number of aromatic nitrogens is 3. The maximum absolute atomic E-state index is 4.76. The molecule has 1 unspecified atom stereocenters. The number of unbranched alkanes of at least 4 members (excludes halogenated alkanes) is 8. The van der Waals surface area contributed by atoms with Crippen molar-refractivity contribution in [3.63, 3.8) is 0 Å². The highest BCUT2D eigenvalue weighted by atomic mass is 15.1. The molecule has 1 aliphatic heterocycles. The Labute approximate surface area is 184 Å². The Kier molecular flexibility index (Phi) is 9.98. The number of hydrogen-bond acceptors (Lipinski definition) is 3. The van der Waals surface area contributed by atoms with E-state index >= 15 is 0 Å². The van der Waals surface area contributed by atoms with Crippen LogP contribution < -0.4 is 5.32 Å². The van der Waals surface area contributed by atoms with Crippen LogP contribution in [0.1, 0.15) is 122 Å². The van der Waals surface area contributed by atoms with Gasteiger partial charge in [-0.15, -0.1) is 0 Å². The molecule has 1 aliphatic rings. The SMILES string of the molecule is CCCCCCCCn1cc2c3c(ncnc31)NCCCCCC2CCCCCC. The summed E-state index contributed by atoms with van der Waals surface area (Å²) >= 11 is 0. The van der Waals surface area contributed by atoms with Crippen LogP contribution in [0.25, 0.3) is 11.0 Å². The molecule has 0 radical (unpaired) electrons. The summed E-state index contributed by atoms with van der Waals surface area (Å²) < 4.78 is 2.44. The minimum absolute atomic E-state index is 0.653. The fourth-order valence-corrected chi connectivity index (χ4v) is 5.00. The lowest BCUT2D eigenvalue weighted by atomic mass is 9.88. The van der Waals surface area contributed by atoms with Crippen LogP contribution in [-0.4, -0.2) is 21.1 Å². The molecule has 0 saturated heterocycles. The minimum atomic E-state index is 0.653. The summed E-state index contributed by atoms with van der Waals surface area (Å²) in [6.45, 7) is 6.69. The van der Waals surface area contributed by atoms with E-state index in [1.807, 2.05) is 0 Å². The molecule has 30 heavy (non-hydrogen) atoms. The fourth-order valence-electron chi connectivity index (χ4n) is 5.00. The maximum Gasteiger partial charge on any atom is 0.145 e. The van der Waals surface area contributed by atoms with E-state index in [1.165, 1.54) is 107 Å². The standard InChI is InChI=1S/C26H44N4/c1-3-5-7-9-10-15-19-30-20-23-22(16-12-8-6-4-2)17-13-11-14-18-27-25-24(23)26(30)29-21-28-25/h20-22H,3-19H2,1-2H3,(H,27,28,29). The van der Waals surface area contributed by atoms with Crippen molar-refractivity contribution in [2.75, 3.05) is 11.9 Å². The molecule has 0 amide bonds. The number of anilines is 1. The Hall–Kier alpha value is -1.58. The molecular weight excluding hydrogens is 368 g/mol. The molecule has 168 valence electrons. The molecule has 0 aromatic carbocycles. The van der Waals surface area contributed by atoms with Crippen LogP contribution in [0.15, 0.2) is 12.5 Å². The molecule has 4 heteroatoms. The molecule has 2 aromatic heterocycles. The van der Waals surface area contributed by atoms with Crippen LogP contribution in [0.4, 0.5) is 5.82 Å². The van der Waals surface area contributed by atoms with Crippen molar-refractivity contribution in [1.82, 2.24) is 14.5 Å². The van der Waals surface area contributed by atoms with Crippen molar-refractivity contribution >= 4 is 16.9 Å². The van der Waals surface area contributed by atoms with Gasteiger partial charge in [0.25, 0.3) is 0 Å². The molecule has 3 rings (SSSR count). The van der Waals surface area contributed by atoms with E-state index < -0.39 is 0 Å². The van der Waals surface area contributed by atoms with E-state index in [0.29, 0.717) is 5.92 Å². The first kappa shape index (κ1) is 23.1. The van der Waals surface area contributed by atoms with Gasteiger partial charge >= 0.3 is 0 Å². The molecule has 0 bridgehead atoms. The molecule has 2 aromatic rings. The van der Waals surface area contributed by atoms with Crippen LogP contribution in [0.3, 0.4) is 0 Å². The van der Waals surface area contributed by atoms with Gasteiger partial charge in [0, 0.05) is 19.3 Å². The number of aryl methyl sites for hydroxylation is 1. The lowest BCUT2D eigenvalue weighted by Crippen LogP contribution is -2.08. The molecule has 1 N–H and O–H groups in total. The maximum atomic E-state index is 4.76. The van der Waals surface area contributed by atoms with Crippen molar-refractivity contribution < 1.29 is 0 Å². The monoisotopic (exact) mass is 412 g/mol. The normalized spacial score (nSPS) is 17.2. The molecule has 0 saturated carbocycles. The number of hydrogen-bond donors (Lipinski definition) is 1. The Morgan fingerprint density at radius 2 is 1.67 bits per heavy atom. The van der Waals surface area contributed by atoms with Gasteiger partial charge in [-0.2, -0.15) is 0 Å². The summed E-state index contributed by atoms with van der Waals surface area (Å²) in [5, 5.41) is 4.94. The first-order valence-electron chi connectivity index (χ1n) is 12.9. The van der Waals surface area contributed by atoms with Crippen LogP contribution >= 0.6 is 0 Å². The smallest absolute Gasteiger partial charge is 0.145 e. The highest BCUT2D eigenvalue weighted by Crippen LogP contribution is 2.37. The summed E-state index contributed by atoms with van der Waals surface area (Å²) in [7, 11) is 0. The van der Waals surface area contributed by atoms with Gasteiger partial charge in [-0.3, -0.25) is 0 Å². The highest BCUT2D eigenvalue weighted by molar-refractivity contribution is 5.91. The Balaban J connectivity index is 1.80. The van der Waals surface area contributed by atoms with Crippen LogP contribution in [0.2, 0.25) is 0 Å². The molecule has 4 nitrogen and oxygen atoms in total. The van der Waals surface area contributed by atoms with Gasteiger partial charge in [0.05, 0.1) is 5.39 Å². The van der Waals surface area contributed by atoms with E-state index in [2.05, 4.69) is 34.9 Å². The third kappa shape index (κ3) is 6.46. The van der Waals surface area contributed by atoms with Crippen LogP contribution in [0.5, 0.6) is 0 Å². The van der Waals surface area contributed by atoms with Gasteiger partial charge in [-0.25, -0.2) is 9.97 Å². The molecule has 1 atom stereocenters. The van der Waals surface area contributed by atoms with E-state index in [9.17, 15) is 0 Å². The summed E-state index contributed by atoms with van der Waals surface area (Å²) in [4.78, 5) is 9.42. The van der Waals surface area contributed by atoms with Crippen molar-refractivity contribution in [2.45, 2.75) is 123 Å². The first-order valence-corrected chi connectivity index (χ1v) is 12.9. The summed E-state index contributed by atoms with van der Waals surface area (Å²) in [5.41, 5.74) is 2.66. The molecule has 0 fully saturated rings. The van der Waals surface area contributed by atoms with Crippen molar-refractivity contribution in [1.29, 1.82) is 0 Å². The Bertz CT molecular complexity index is 736. The average molecular weight is 413 g/mol. The molecule has 0 spiro atoms. The topological polar surface area (TPSA) is 42.7 Å². The third-order valence-corrected chi connectivity index (χ3v) is 6.80. The van der Waals surface area contributed by atoms with E-state index in [4.69, 9.17) is 4.98 Å². The Morgan fingerprint density at radius 3 is 2.50 bits per heavy atom. The van der Waals surface area contributed by atoms with Crippen molar-refractivity contribution in [3.05, 3.63) is 18.1 Å². The van der Waals surface area contributed by atoms with Crippen molar-refractivity contribution in [2.24, 2.45) is 0 Å². The molecule has 3 heterocycles. The highest BCUT2D eigenvalue weighted by Gasteiger charge is 2.22. The van der Waals surface area contributed by atoms with E-state index in [1.54, 1.807) is 6.33 Å². The minimum Gasteiger partial charge on any atom is -0.369 e. The Morgan fingerprint density at radius 1 is 0.900 bits per heavy atom. The second-order valence-electron chi connectivity index (χ2n) is 9.29. The van der Waals surface area contributed by atoms with Gasteiger partial charge in [-0.05, 0) is 37.2 Å². The van der Waals surface area contributed by atoms with Gasteiger partial charge in [0.2, 0.25) is 0 Å². The van der Waals surface area contributed by atoms with Crippen LogP contribution in [0, 0.1) is 0 Å². The molecular formula is C26H44N4. The second-order valence-corrected chi connectivity index (χ2v) is 9.29. The summed E-state index contributed by atoms with van der Waals surface area (Å²) in [6, 6.07) is 0. The van der Waals surface area contributed by atoms with E-state index in [0.717, 1.165) is 24.6 Å². The zero-order valence-corrected chi connectivity index (χ0v) is 19.6. The van der Waals surface area contributed by atoms with Crippen molar-refractivity contribution in [3.8, 4) is 0 Å². The zero-order valence-electron chi connectivity index (χ0n) is 19.6. The molecule has 0 aliphatic carbocycles. The van der Waals surface area contributed by atoms with Gasteiger partial charge in [0.15, 0.2) is 0 Å². The fraction of sp³-hybridized carbons (Fsp3) is 0.769. The predicted molar refractivity (Wildman–Crippen MR) is 129 cm³/mol. The number of nitrogens with one attached hydrogen (secondary N) is 1. The number of nitrogens with zero attached hydrogens (tertiary/aromatic N) is 3. The summed E-state index contributed by atoms with van der Waals surface area (Å²) in [5.74, 6) is 1.72. The van der Waals surface area contributed by atoms with E-state index in [-0.39, 0.29) is 0 Å². The first-order chi connectivity index (χ1) is 14.8. The lowest BCUT2D eigenvalue weighted by molar-refractivity contribution is 0.499.